The Morgan fingerprint density at radius 2 is 2.00 bits per heavy atom. The van der Waals surface area contributed by atoms with Crippen LogP contribution in [0, 0.1) is 22.9 Å². The molecular formula is C15H12FNO4. The molecule has 0 fully saturated rings. The topological polar surface area (TPSA) is 69.4 Å². The van der Waals surface area contributed by atoms with E-state index in [2.05, 4.69) is 0 Å². The lowest BCUT2D eigenvalue weighted by molar-refractivity contribution is -0.385. The van der Waals surface area contributed by atoms with Gasteiger partial charge >= 0.3 is 5.97 Å². The molecule has 5 nitrogen and oxygen atoms in total. The molecule has 0 radical (unpaired) electrons. The zero-order valence-corrected chi connectivity index (χ0v) is 11.2. The smallest absolute Gasteiger partial charge is 0.338 e. The Morgan fingerprint density at radius 3 is 2.62 bits per heavy atom. The zero-order chi connectivity index (χ0) is 15.4. The Balaban J connectivity index is 2.09. The van der Waals surface area contributed by atoms with Gasteiger partial charge in [-0.3, -0.25) is 10.1 Å². The summed E-state index contributed by atoms with van der Waals surface area (Å²) in [5.74, 6) is -1.11. The Labute approximate surface area is 120 Å². The predicted octanol–water partition coefficient (Wildman–Crippen LogP) is 3.40. The standard InChI is InChI=1S/C15H12FNO4/c1-10-8-11(6-7-14(10)17(19)20)15(18)21-9-12-4-2-3-5-13(12)16/h2-8H,9H2,1H3. The van der Waals surface area contributed by atoms with Gasteiger partial charge in [0.2, 0.25) is 0 Å². The summed E-state index contributed by atoms with van der Waals surface area (Å²) in [5.41, 5.74) is 0.750. The van der Waals surface area contributed by atoms with Crippen LogP contribution in [0.3, 0.4) is 0 Å². The molecule has 0 bridgehead atoms. The minimum atomic E-state index is -0.656. The number of halogens is 1. The van der Waals surface area contributed by atoms with Crippen molar-refractivity contribution in [2.24, 2.45) is 0 Å². The second-order valence-corrected chi connectivity index (χ2v) is 4.43. The maximum atomic E-state index is 13.4. The Morgan fingerprint density at radius 1 is 1.29 bits per heavy atom. The van der Waals surface area contributed by atoms with E-state index in [0.29, 0.717) is 5.56 Å². The lowest BCUT2D eigenvalue weighted by atomic mass is 10.1. The first kappa shape index (κ1) is 14.6. The predicted molar refractivity (Wildman–Crippen MR) is 73.4 cm³/mol. The molecule has 0 saturated heterocycles. The fourth-order valence-electron chi connectivity index (χ4n) is 1.83. The van der Waals surface area contributed by atoms with Crippen molar-refractivity contribution < 1.29 is 18.8 Å². The summed E-state index contributed by atoms with van der Waals surface area (Å²) < 4.78 is 18.4. The lowest BCUT2D eigenvalue weighted by Gasteiger charge is -2.06. The SMILES string of the molecule is Cc1cc(C(=O)OCc2ccccc2F)ccc1[N+](=O)[O-]. The third-order valence-electron chi connectivity index (χ3n) is 2.95. The number of carbonyl (C=O) groups excluding carboxylic acids is 1. The number of hydrogen-bond donors (Lipinski definition) is 0. The van der Waals surface area contributed by atoms with Gasteiger partial charge in [-0.2, -0.15) is 0 Å². The first-order valence-corrected chi connectivity index (χ1v) is 6.14. The molecule has 2 rings (SSSR count). The minimum absolute atomic E-state index is 0.0688. The lowest BCUT2D eigenvalue weighted by Crippen LogP contribution is -2.07. The first-order valence-electron chi connectivity index (χ1n) is 6.14. The number of rotatable bonds is 4. The average Bonchev–Trinajstić information content (AvgIpc) is 2.45. The van der Waals surface area contributed by atoms with Crippen LogP contribution in [-0.2, 0) is 11.3 Å². The van der Waals surface area contributed by atoms with E-state index in [-0.39, 0.29) is 23.4 Å². The molecule has 0 amide bonds. The van der Waals surface area contributed by atoms with Gasteiger partial charge in [0, 0.05) is 17.2 Å². The molecule has 0 saturated carbocycles. The van der Waals surface area contributed by atoms with E-state index in [9.17, 15) is 19.3 Å². The van der Waals surface area contributed by atoms with E-state index in [0.717, 1.165) is 0 Å². The maximum Gasteiger partial charge on any atom is 0.338 e. The van der Waals surface area contributed by atoms with E-state index >= 15 is 0 Å². The molecule has 0 heterocycles. The van der Waals surface area contributed by atoms with Gasteiger partial charge in [-0.1, -0.05) is 18.2 Å². The van der Waals surface area contributed by atoms with Crippen molar-refractivity contribution >= 4 is 11.7 Å². The monoisotopic (exact) mass is 289 g/mol. The highest BCUT2D eigenvalue weighted by atomic mass is 19.1. The van der Waals surface area contributed by atoms with Crippen LogP contribution in [0.1, 0.15) is 21.5 Å². The molecule has 0 aliphatic heterocycles. The van der Waals surface area contributed by atoms with Crippen molar-refractivity contribution in [2.75, 3.05) is 0 Å². The van der Waals surface area contributed by atoms with Crippen LogP contribution < -0.4 is 0 Å². The summed E-state index contributed by atoms with van der Waals surface area (Å²) in [5, 5.41) is 10.7. The van der Waals surface area contributed by atoms with Crippen LogP contribution in [-0.4, -0.2) is 10.9 Å². The molecule has 6 heteroatoms. The first-order chi connectivity index (χ1) is 9.99. The molecular weight excluding hydrogens is 277 g/mol. The van der Waals surface area contributed by atoms with Crippen molar-refractivity contribution in [3.8, 4) is 0 Å². The highest BCUT2D eigenvalue weighted by Crippen LogP contribution is 2.19. The zero-order valence-electron chi connectivity index (χ0n) is 11.2. The average molecular weight is 289 g/mol. The van der Waals surface area contributed by atoms with E-state index in [1.807, 2.05) is 0 Å². The third-order valence-corrected chi connectivity index (χ3v) is 2.95. The molecule has 2 aromatic carbocycles. The summed E-state index contributed by atoms with van der Waals surface area (Å²) in [6, 6.07) is 9.91. The van der Waals surface area contributed by atoms with Crippen LogP contribution in [0.5, 0.6) is 0 Å². The molecule has 0 N–H and O–H groups in total. The van der Waals surface area contributed by atoms with Crippen molar-refractivity contribution in [1.29, 1.82) is 0 Å². The van der Waals surface area contributed by atoms with Gasteiger partial charge in [0.15, 0.2) is 0 Å². The summed E-state index contributed by atoms with van der Waals surface area (Å²) >= 11 is 0. The molecule has 21 heavy (non-hydrogen) atoms. The van der Waals surface area contributed by atoms with Crippen LogP contribution >= 0.6 is 0 Å². The number of nitro groups is 1. The van der Waals surface area contributed by atoms with Gasteiger partial charge in [0.25, 0.3) is 5.69 Å². The molecule has 0 spiro atoms. The highest BCUT2D eigenvalue weighted by Gasteiger charge is 2.15. The van der Waals surface area contributed by atoms with E-state index in [4.69, 9.17) is 4.74 Å². The number of benzene rings is 2. The maximum absolute atomic E-state index is 13.4. The fraction of sp³-hybridized carbons (Fsp3) is 0.133. The van der Waals surface area contributed by atoms with Gasteiger partial charge in [-0.15, -0.1) is 0 Å². The van der Waals surface area contributed by atoms with Crippen LogP contribution in [0.2, 0.25) is 0 Å². The number of ether oxygens (including phenoxy) is 1. The van der Waals surface area contributed by atoms with Crippen molar-refractivity contribution in [3.05, 3.63) is 75.1 Å². The quantitative estimate of drug-likeness (QED) is 0.491. The second kappa shape index (κ2) is 6.13. The second-order valence-electron chi connectivity index (χ2n) is 4.43. The summed E-state index contributed by atoms with van der Waals surface area (Å²) in [6.45, 7) is 1.34. The van der Waals surface area contributed by atoms with Crippen LogP contribution in [0.4, 0.5) is 10.1 Å². The molecule has 0 atom stereocenters. The van der Waals surface area contributed by atoms with Gasteiger partial charge in [0.05, 0.1) is 10.5 Å². The molecule has 108 valence electrons. The summed E-state index contributed by atoms with van der Waals surface area (Å²) in [6.07, 6.45) is 0. The summed E-state index contributed by atoms with van der Waals surface area (Å²) in [7, 11) is 0. The van der Waals surface area contributed by atoms with E-state index in [1.54, 1.807) is 12.1 Å². The van der Waals surface area contributed by atoms with Gasteiger partial charge < -0.3 is 4.74 Å². The molecule has 0 unspecified atom stereocenters. The molecule has 2 aromatic rings. The number of hydrogen-bond acceptors (Lipinski definition) is 4. The largest absolute Gasteiger partial charge is 0.457 e. The Bertz CT molecular complexity index is 700. The van der Waals surface area contributed by atoms with Gasteiger partial charge in [-0.05, 0) is 25.1 Å². The number of esters is 1. The third kappa shape index (κ3) is 3.42. The highest BCUT2D eigenvalue weighted by molar-refractivity contribution is 5.90. The minimum Gasteiger partial charge on any atom is -0.457 e. The molecule has 0 aliphatic rings. The fourth-order valence-corrected chi connectivity index (χ4v) is 1.83. The van der Waals surface area contributed by atoms with Crippen LogP contribution in [0.25, 0.3) is 0 Å². The van der Waals surface area contributed by atoms with Crippen molar-refractivity contribution in [3.63, 3.8) is 0 Å². The molecule has 0 aliphatic carbocycles. The van der Waals surface area contributed by atoms with Crippen molar-refractivity contribution in [1.82, 2.24) is 0 Å². The number of aryl methyl sites for hydroxylation is 1. The normalized spacial score (nSPS) is 10.2. The Hall–Kier alpha value is -2.76. The van der Waals surface area contributed by atoms with Crippen LogP contribution in [0.15, 0.2) is 42.5 Å². The Kier molecular flexibility index (Phi) is 4.27. The van der Waals surface area contributed by atoms with E-state index in [1.165, 1.54) is 37.3 Å². The van der Waals surface area contributed by atoms with Gasteiger partial charge in [0.1, 0.15) is 12.4 Å². The molecule has 0 aromatic heterocycles. The van der Waals surface area contributed by atoms with E-state index < -0.39 is 16.7 Å². The number of nitro benzene ring substituents is 1. The van der Waals surface area contributed by atoms with Crippen molar-refractivity contribution in [2.45, 2.75) is 13.5 Å². The summed E-state index contributed by atoms with van der Waals surface area (Å²) in [4.78, 5) is 22.0. The number of carbonyl (C=O) groups is 1. The van der Waals surface area contributed by atoms with Gasteiger partial charge in [-0.25, -0.2) is 9.18 Å². The number of nitrogens with zero attached hydrogens (tertiary/aromatic N) is 1.